The molecular weight excluding hydrogens is 506 g/mol. The summed E-state index contributed by atoms with van der Waals surface area (Å²) in [5.41, 5.74) is 5.06. The standard InChI is InChI=1S/C24H20BrN3O2S2/c1-14-3-10-20-21(11-14)32-23(27-20)16-4-6-17(7-5-16)26-24(31)28-22(29)13-30-18-8-9-19(25)15(2)12-18/h3-12H,13H2,1-2H3,(H2,26,28,29,31). The van der Waals surface area contributed by atoms with Gasteiger partial charge in [0.25, 0.3) is 5.91 Å². The molecule has 0 saturated carbocycles. The van der Waals surface area contributed by atoms with Crippen LogP contribution in [-0.4, -0.2) is 22.6 Å². The van der Waals surface area contributed by atoms with Crippen LogP contribution in [0, 0.1) is 13.8 Å². The van der Waals surface area contributed by atoms with E-state index in [2.05, 4.69) is 45.6 Å². The largest absolute Gasteiger partial charge is 0.484 e. The van der Waals surface area contributed by atoms with E-state index in [0.717, 1.165) is 31.8 Å². The summed E-state index contributed by atoms with van der Waals surface area (Å²) >= 11 is 10.4. The summed E-state index contributed by atoms with van der Waals surface area (Å²) in [5, 5.41) is 6.83. The van der Waals surface area contributed by atoms with E-state index in [1.807, 2.05) is 49.4 Å². The zero-order valence-electron chi connectivity index (χ0n) is 17.4. The van der Waals surface area contributed by atoms with Crippen molar-refractivity contribution in [2.45, 2.75) is 13.8 Å². The lowest BCUT2D eigenvalue weighted by molar-refractivity contribution is -0.121. The summed E-state index contributed by atoms with van der Waals surface area (Å²) in [7, 11) is 0. The summed E-state index contributed by atoms with van der Waals surface area (Å²) in [4.78, 5) is 16.8. The van der Waals surface area contributed by atoms with Gasteiger partial charge in [0.05, 0.1) is 10.2 Å². The lowest BCUT2D eigenvalue weighted by atomic mass is 10.2. The fourth-order valence-corrected chi connectivity index (χ4v) is 4.58. The summed E-state index contributed by atoms with van der Waals surface area (Å²) in [6, 6.07) is 19.6. The van der Waals surface area contributed by atoms with Crippen molar-refractivity contribution in [1.29, 1.82) is 0 Å². The highest BCUT2D eigenvalue weighted by Gasteiger charge is 2.09. The highest BCUT2D eigenvalue weighted by atomic mass is 79.9. The Labute approximate surface area is 204 Å². The number of benzene rings is 3. The molecular formula is C24H20BrN3O2S2. The molecule has 0 aliphatic heterocycles. The van der Waals surface area contributed by atoms with Crippen molar-refractivity contribution in [3.05, 3.63) is 76.3 Å². The Balaban J connectivity index is 1.31. The Hall–Kier alpha value is -2.81. The lowest BCUT2D eigenvalue weighted by Crippen LogP contribution is -2.37. The maximum absolute atomic E-state index is 12.1. The first-order valence-electron chi connectivity index (χ1n) is 9.85. The third-order valence-corrected chi connectivity index (χ3v) is 6.85. The van der Waals surface area contributed by atoms with Crippen LogP contribution in [0.5, 0.6) is 5.75 Å². The number of nitrogens with zero attached hydrogens (tertiary/aromatic N) is 1. The molecule has 0 atom stereocenters. The van der Waals surface area contributed by atoms with Crippen LogP contribution in [0.4, 0.5) is 5.69 Å². The van der Waals surface area contributed by atoms with Crippen molar-refractivity contribution < 1.29 is 9.53 Å². The molecule has 0 radical (unpaired) electrons. The molecule has 8 heteroatoms. The smallest absolute Gasteiger partial charge is 0.264 e. The van der Waals surface area contributed by atoms with Crippen molar-refractivity contribution >= 4 is 66.4 Å². The molecule has 0 bridgehead atoms. The minimum Gasteiger partial charge on any atom is -0.484 e. The maximum Gasteiger partial charge on any atom is 0.264 e. The summed E-state index contributed by atoms with van der Waals surface area (Å²) in [5.74, 6) is 0.296. The number of anilines is 1. The molecule has 0 unspecified atom stereocenters. The number of rotatable bonds is 5. The molecule has 1 heterocycles. The number of amides is 1. The highest BCUT2D eigenvalue weighted by molar-refractivity contribution is 9.10. The number of fused-ring (bicyclic) bond motifs is 1. The first-order valence-corrected chi connectivity index (χ1v) is 11.9. The van der Waals surface area contributed by atoms with Crippen LogP contribution in [0.15, 0.2) is 65.1 Å². The van der Waals surface area contributed by atoms with E-state index < -0.39 is 0 Å². The number of carbonyl (C=O) groups is 1. The number of hydrogen-bond acceptors (Lipinski definition) is 5. The van der Waals surface area contributed by atoms with E-state index in [1.54, 1.807) is 17.4 Å². The Morgan fingerprint density at radius 2 is 1.88 bits per heavy atom. The van der Waals surface area contributed by atoms with E-state index in [-0.39, 0.29) is 17.6 Å². The monoisotopic (exact) mass is 525 g/mol. The maximum atomic E-state index is 12.1. The van der Waals surface area contributed by atoms with E-state index >= 15 is 0 Å². The molecule has 0 aliphatic carbocycles. The predicted molar refractivity (Wildman–Crippen MR) is 139 cm³/mol. The number of nitrogens with one attached hydrogen (secondary N) is 2. The van der Waals surface area contributed by atoms with Crippen molar-refractivity contribution in [1.82, 2.24) is 10.3 Å². The lowest BCUT2D eigenvalue weighted by Gasteiger charge is -2.11. The summed E-state index contributed by atoms with van der Waals surface area (Å²) in [6.45, 7) is 3.91. The Bertz CT molecular complexity index is 1300. The molecule has 32 heavy (non-hydrogen) atoms. The van der Waals surface area contributed by atoms with E-state index in [1.165, 1.54) is 10.3 Å². The van der Waals surface area contributed by atoms with Gasteiger partial charge in [0.15, 0.2) is 11.7 Å². The van der Waals surface area contributed by atoms with Crippen LogP contribution < -0.4 is 15.4 Å². The van der Waals surface area contributed by atoms with Gasteiger partial charge in [0, 0.05) is 15.7 Å². The van der Waals surface area contributed by atoms with Crippen LogP contribution in [0.1, 0.15) is 11.1 Å². The van der Waals surface area contributed by atoms with Gasteiger partial charge in [-0.1, -0.05) is 22.0 Å². The number of halogens is 1. The van der Waals surface area contributed by atoms with Crippen LogP contribution in [-0.2, 0) is 4.79 Å². The van der Waals surface area contributed by atoms with Gasteiger partial charge < -0.3 is 10.1 Å². The number of thiazole rings is 1. The van der Waals surface area contributed by atoms with Gasteiger partial charge in [-0.3, -0.25) is 10.1 Å². The second-order valence-electron chi connectivity index (χ2n) is 7.27. The fraction of sp³-hybridized carbons (Fsp3) is 0.125. The molecule has 4 rings (SSSR count). The fourth-order valence-electron chi connectivity index (χ4n) is 3.03. The van der Waals surface area contributed by atoms with Crippen LogP contribution in [0.2, 0.25) is 0 Å². The van der Waals surface area contributed by atoms with Gasteiger partial charge in [-0.2, -0.15) is 0 Å². The van der Waals surface area contributed by atoms with Gasteiger partial charge in [-0.05, 0) is 91.8 Å². The third kappa shape index (κ3) is 5.51. The normalized spacial score (nSPS) is 10.7. The zero-order chi connectivity index (χ0) is 22.7. The van der Waals surface area contributed by atoms with Crippen LogP contribution >= 0.6 is 39.5 Å². The second-order valence-corrected chi connectivity index (χ2v) is 9.56. The van der Waals surface area contributed by atoms with Gasteiger partial charge in [0.1, 0.15) is 10.8 Å². The Kier molecular flexibility index (Phi) is 6.83. The molecule has 4 aromatic rings. The minimum absolute atomic E-state index is 0.126. The minimum atomic E-state index is -0.329. The molecule has 1 aromatic heterocycles. The SMILES string of the molecule is Cc1ccc2nc(-c3ccc(NC(=S)NC(=O)COc4ccc(Br)c(C)c4)cc3)sc2c1. The van der Waals surface area contributed by atoms with Crippen molar-refractivity contribution in [2.24, 2.45) is 0 Å². The van der Waals surface area contributed by atoms with Crippen molar-refractivity contribution in [3.63, 3.8) is 0 Å². The predicted octanol–water partition coefficient (Wildman–Crippen LogP) is 6.23. The van der Waals surface area contributed by atoms with Gasteiger partial charge >= 0.3 is 0 Å². The quantitative estimate of drug-likeness (QED) is 0.302. The van der Waals surface area contributed by atoms with E-state index in [4.69, 9.17) is 21.9 Å². The highest BCUT2D eigenvalue weighted by Crippen LogP contribution is 2.31. The second kappa shape index (κ2) is 9.77. The molecule has 0 aliphatic rings. The molecule has 5 nitrogen and oxygen atoms in total. The van der Waals surface area contributed by atoms with Gasteiger partial charge in [-0.25, -0.2) is 4.98 Å². The molecule has 0 spiro atoms. The molecule has 162 valence electrons. The van der Waals surface area contributed by atoms with Crippen molar-refractivity contribution in [3.8, 4) is 16.3 Å². The average Bonchev–Trinajstić information content (AvgIpc) is 3.18. The van der Waals surface area contributed by atoms with Crippen LogP contribution in [0.3, 0.4) is 0 Å². The summed E-state index contributed by atoms with van der Waals surface area (Å²) < 4.78 is 7.69. The van der Waals surface area contributed by atoms with Crippen LogP contribution in [0.25, 0.3) is 20.8 Å². The molecule has 1 amide bonds. The molecule has 2 N–H and O–H groups in total. The van der Waals surface area contributed by atoms with Crippen molar-refractivity contribution in [2.75, 3.05) is 11.9 Å². The number of aromatic nitrogens is 1. The average molecular weight is 526 g/mol. The number of carbonyl (C=O) groups excluding carboxylic acids is 1. The molecule has 0 saturated heterocycles. The topological polar surface area (TPSA) is 63.2 Å². The Morgan fingerprint density at radius 1 is 1.09 bits per heavy atom. The number of ether oxygens (including phenoxy) is 1. The zero-order valence-corrected chi connectivity index (χ0v) is 20.7. The molecule has 3 aromatic carbocycles. The summed E-state index contributed by atoms with van der Waals surface area (Å²) in [6.07, 6.45) is 0. The number of hydrogen-bond donors (Lipinski definition) is 2. The molecule has 0 fully saturated rings. The van der Waals surface area contributed by atoms with Gasteiger partial charge in [-0.15, -0.1) is 11.3 Å². The first-order chi connectivity index (χ1) is 15.4. The third-order valence-electron chi connectivity index (χ3n) is 4.69. The number of aryl methyl sites for hydroxylation is 2. The van der Waals surface area contributed by atoms with Gasteiger partial charge in [0.2, 0.25) is 0 Å². The van der Waals surface area contributed by atoms with E-state index in [9.17, 15) is 4.79 Å². The Morgan fingerprint density at radius 3 is 2.62 bits per heavy atom. The first kappa shape index (κ1) is 22.4. The number of thiocarbonyl (C=S) groups is 1. The van der Waals surface area contributed by atoms with E-state index in [0.29, 0.717) is 5.75 Å².